The van der Waals surface area contributed by atoms with Gasteiger partial charge >= 0.3 is 6.18 Å². The van der Waals surface area contributed by atoms with Gasteiger partial charge in [0, 0.05) is 17.8 Å². The summed E-state index contributed by atoms with van der Waals surface area (Å²) in [7, 11) is 0. The van der Waals surface area contributed by atoms with E-state index >= 15 is 0 Å². The summed E-state index contributed by atoms with van der Waals surface area (Å²) in [6.45, 7) is 3.00. The van der Waals surface area contributed by atoms with Gasteiger partial charge in [0.05, 0.1) is 17.4 Å². The predicted octanol–water partition coefficient (Wildman–Crippen LogP) is 3.49. The van der Waals surface area contributed by atoms with E-state index in [1.807, 2.05) is 0 Å². The van der Waals surface area contributed by atoms with Gasteiger partial charge < -0.3 is 10.6 Å². The smallest absolute Gasteiger partial charge is 0.326 e. The summed E-state index contributed by atoms with van der Waals surface area (Å²) in [5.74, 6) is -1.23. The molecule has 1 amide bonds. The molecule has 1 aliphatic heterocycles. The van der Waals surface area contributed by atoms with E-state index in [1.165, 1.54) is 36.9 Å². The van der Waals surface area contributed by atoms with Gasteiger partial charge in [-0.2, -0.15) is 18.4 Å². The quantitative estimate of drug-likeness (QED) is 0.585. The molecule has 0 spiro atoms. The zero-order valence-electron chi connectivity index (χ0n) is 15.8. The summed E-state index contributed by atoms with van der Waals surface area (Å²) < 4.78 is 54.2. The Hall–Kier alpha value is -3.10. The normalized spacial score (nSPS) is 16.2. The number of benzene rings is 1. The molecule has 1 aromatic carbocycles. The molecule has 0 saturated carbocycles. The molecule has 6 nitrogen and oxygen atoms in total. The van der Waals surface area contributed by atoms with E-state index in [-0.39, 0.29) is 28.6 Å². The minimum absolute atomic E-state index is 0.0257. The maximum Gasteiger partial charge on any atom is 0.419 e. The first-order valence-corrected chi connectivity index (χ1v) is 8.99. The number of aromatic nitrogens is 1. The maximum absolute atomic E-state index is 14.3. The Labute approximate surface area is 174 Å². The number of alkyl halides is 3. The van der Waals surface area contributed by atoms with Crippen LogP contribution in [0.2, 0.25) is 0 Å². The largest absolute Gasteiger partial charge is 0.419 e. The fourth-order valence-corrected chi connectivity index (χ4v) is 3.70. The van der Waals surface area contributed by atoms with Crippen molar-refractivity contribution < 1.29 is 22.4 Å². The first-order chi connectivity index (χ1) is 13.9. The highest BCUT2D eigenvalue weighted by atomic mass is 32.1. The van der Waals surface area contributed by atoms with Gasteiger partial charge in [-0.25, -0.2) is 9.37 Å². The fourth-order valence-electron chi connectivity index (χ4n) is 3.18. The molecule has 0 unspecified atom stereocenters. The second-order valence-electron chi connectivity index (χ2n) is 7.00. The highest BCUT2D eigenvalue weighted by Gasteiger charge is 2.51. The van der Waals surface area contributed by atoms with Crippen LogP contribution in [0.1, 0.15) is 30.7 Å². The Morgan fingerprint density at radius 1 is 1.27 bits per heavy atom. The third kappa shape index (κ3) is 3.38. The molecule has 0 atom stereocenters. The molecule has 2 N–H and O–H groups in total. The van der Waals surface area contributed by atoms with Crippen LogP contribution in [0.4, 0.5) is 28.9 Å². The van der Waals surface area contributed by atoms with Crippen LogP contribution in [-0.2, 0) is 17.5 Å². The highest BCUT2D eigenvalue weighted by molar-refractivity contribution is 7.81. The number of carbonyl (C=O) groups is 1. The van der Waals surface area contributed by atoms with Crippen molar-refractivity contribution in [2.75, 3.05) is 9.80 Å². The van der Waals surface area contributed by atoms with Crippen molar-refractivity contribution in [3.05, 3.63) is 53.1 Å². The minimum atomic E-state index is -4.85. The summed E-state index contributed by atoms with van der Waals surface area (Å²) in [4.78, 5) is 18.8. The van der Waals surface area contributed by atoms with Crippen LogP contribution in [0.5, 0.6) is 0 Å². The Balaban J connectivity index is 2.11. The van der Waals surface area contributed by atoms with Gasteiger partial charge in [-0.3, -0.25) is 9.69 Å². The molecule has 1 saturated heterocycles. The number of hydrogen-bond donors (Lipinski definition) is 1. The van der Waals surface area contributed by atoms with Crippen molar-refractivity contribution in [2.45, 2.75) is 32.1 Å². The molecule has 1 aliphatic rings. The Bertz CT molecular complexity index is 1090. The zero-order valence-corrected chi connectivity index (χ0v) is 16.6. The molecule has 30 heavy (non-hydrogen) atoms. The average Bonchev–Trinajstić information content (AvgIpc) is 2.85. The number of pyridine rings is 1. The molecule has 2 aromatic rings. The Morgan fingerprint density at radius 3 is 2.47 bits per heavy atom. The van der Waals surface area contributed by atoms with Crippen LogP contribution in [0, 0.1) is 17.1 Å². The van der Waals surface area contributed by atoms with Crippen molar-refractivity contribution >= 4 is 34.6 Å². The van der Waals surface area contributed by atoms with Gasteiger partial charge in [0.15, 0.2) is 10.8 Å². The Morgan fingerprint density at radius 2 is 1.93 bits per heavy atom. The molecule has 1 fully saturated rings. The molecule has 0 aliphatic carbocycles. The third-order valence-electron chi connectivity index (χ3n) is 4.73. The molecule has 1 aromatic heterocycles. The summed E-state index contributed by atoms with van der Waals surface area (Å²) in [6.07, 6.45) is -3.88. The molecular formula is C19H15F4N5OS. The maximum atomic E-state index is 14.3. The van der Waals surface area contributed by atoms with Crippen LogP contribution >= 0.6 is 12.2 Å². The van der Waals surface area contributed by atoms with Gasteiger partial charge in [0.1, 0.15) is 17.4 Å². The third-order valence-corrected chi connectivity index (χ3v) is 5.09. The van der Waals surface area contributed by atoms with Crippen molar-refractivity contribution in [1.29, 1.82) is 5.26 Å². The van der Waals surface area contributed by atoms with E-state index in [4.69, 9.17) is 23.2 Å². The number of halogens is 4. The minimum Gasteiger partial charge on any atom is -0.326 e. The number of hydrogen-bond acceptors (Lipinski definition) is 5. The first kappa shape index (κ1) is 21.6. The van der Waals surface area contributed by atoms with Gasteiger partial charge in [-0.05, 0) is 44.3 Å². The van der Waals surface area contributed by atoms with Crippen LogP contribution in [0.3, 0.4) is 0 Å². The highest BCUT2D eigenvalue weighted by Crippen LogP contribution is 2.39. The van der Waals surface area contributed by atoms with Gasteiger partial charge in [-0.15, -0.1) is 0 Å². The number of nitriles is 1. The molecule has 2 heterocycles. The van der Waals surface area contributed by atoms with Gasteiger partial charge in [-0.1, -0.05) is 6.07 Å². The lowest BCUT2D eigenvalue weighted by atomic mass is 10.0. The molecular weight excluding hydrogens is 422 g/mol. The van der Waals surface area contributed by atoms with E-state index < -0.39 is 34.7 Å². The SMILES string of the molecule is CC1(C)C(=O)N(c2cnc(C#N)c(C(F)(F)F)c2)C(=S)N1c1ccc(CN)c(F)c1. The first-order valence-electron chi connectivity index (χ1n) is 8.58. The van der Waals surface area contributed by atoms with E-state index in [0.717, 1.165) is 17.2 Å². The molecule has 11 heteroatoms. The van der Waals surface area contributed by atoms with Crippen LogP contribution < -0.4 is 15.5 Å². The average molecular weight is 437 g/mol. The van der Waals surface area contributed by atoms with Gasteiger partial charge in [0.2, 0.25) is 0 Å². The monoisotopic (exact) mass is 437 g/mol. The molecule has 156 valence electrons. The summed E-state index contributed by atoms with van der Waals surface area (Å²) in [5.41, 5.74) is 2.30. The number of thiocarbonyl (C=S) groups is 1. The summed E-state index contributed by atoms with van der Waals surface area (Å²) in [6, 6.07) is 6.15. The van der Waals surface area contributed by atoms with Crippen LogP contribution in [-0.4, -0.2) is 21.5 Å². The number of nitrogens with two attached hydrogens (primary N) is 1. The molecule has 3 rings (SSSR count). The number of nitrogens with zero attached hydrogens (tertiary/aromatic N) is 4. The molecule has 0 bridgehead atoms. The lowest BCUT2D eigenvalue weighted by molar-refractivity contribution is -0.138. The summed E-state index contributed by atoms with van der Waals surface area (Å²) in [5, 5.41) is 8.76. The lowest BCUT2D eigenvalue weighted by Gasteiger charge is -2.29. The number of amides is 1. The second kappa shape index (κ2) is 7.30. The molecule has 0 radical (unpaired) electrons. The second-order valence-corrected chi connectivity index (χ2v) is 7.36. The van der Waals surface area contributed by atoms with Crippen molar-refractivity contribution in [2.24, 2.45) is 5.73 Å². The van der Waals surface area contributed by atoms with E-state index in [9.17, 15) is 22.4 Å². The van der Waals surface area contributed by atoms with Crippen LogP contribution in [0.25, 0.3) is 0 Å². The topological polar surface area (TPSA) is 86.2 Å². The zero-order chi connectivity index (χ0) is 22.4. The van der Waals surface area contributed by atoms with Crippen molar-refractivity contribution in [3.63, 3.8) is 0 Å². The number of rotatable bonds is 3. The number of anilines is 2. The van der Waals surface area contributed by atoms with Gasteiger partial charge in [0.25, 0.3) is 5.91 Å². The van der Waals surface area contributed by atoms with Crippen molar-refractivity contribution in [1.82, 2.24) is 4.98 Å². The Kier molecular flexibility index (Phi) is 5.26. The summed E-state index contributed by atoms with van der Waals surface area (Å²) >= 11 is 5.36. The predicted molar refractivity (Wildman–Crippen MR) is 105 cm³/mol. The van der Waals surface area contributed by atoms with E-state index in [2.05, 4.69) is 4.98 Å². The number of carbonyl (C=O) groups excluding carboxylic acids is 1. The van der Waals surface area contributed by atoms with Crippen molar-refractivity contribution in [3.8, 4) is 6.07 Å². The lowest BCUT2D eigenvalue weighted by Crippen LogP contribution is -2.44. The van der Waals surface area contributed by atoms with E-state index in [0.29, 0.717) is 6.07 Å². The fraction of sp³-hybridized carbons (Fsp3) is 0.263. The van der Waals surface area contributed by atoms with Crippen LogP contribution in [0.15, 0.2) is 30.5 Å². The standard InChI is InChI=1S/C19H15F4N5OS/c1-18(2)16(29)27(12-5-13(19(21,22)23)15(8-25)26-9-12)17(30)28(18)11-4-3-10(7-24)14(20)6-11/h3-6,9H,7,24H2,1-2H3. The van der Waals surface area contributed by atoms with E-state index in [1.54, 1.807) is 0 Å².